The van der Waals surface area contributed by atoms with Gasteiger partial charge < -0.3 is 24.4 Å². The number of para-hydroxylation sites is 1. The molecule has 1 atom stereocenters. The Balaban J connectivity index is 1.79. The molecule has 28 heavy (non-hydrogen) atoms. The number of halogens is 2. The molecule has 1 fully saturated rings. The highest BCUT2D eigenvalue weighted by Crippen LogP contribution is 2.45. The molecule has 0 bridgehead atoms. The Morgan fingerprint density at radius 2 is 1.75 bits per heavy atom. The minimum absolute atomic E-state index is 0.0623. The lowest BCUT2D eigenvalue weighted by molar-refractivity contribution is -0.0526. The first kappa shape index (κ1) is 18.3. The summed E-state index contributed by atoms with van der Waals surface area (Å²) >= 11 is 0. The fourth-order valence-electron chi connectivity index (χ4n) is 3.51. The summed E-state index contributed by atoms with van der Waals surface area (Å²) in [5.74, 6) is -0.0195. The van der Waals surface area contributed by atoms with Gasteiger partial charge in [0.15, 0.2) is 11.5 Å². The number of amides is 1. The molecule has 2 aromatic carbocycles. The molecule has 0 saturated heterocycles. The Morgan fingerprint density at radius 3 is 2.32 bits per heavy atom. The Kier molecular flexibility index (Phi) is 4.70. The van der Waals surface area contributed by atoms with Crippen LogP contribution in [-0.4, -0.2) is 37.7 Å². The highest BCUT2D eigenvalue weighted by atomic mass is 19.3. The Morgan fingerprint density at radius 1 is 1.11 bits per heavy atom. The van der Waals surface area contributed by atoms with Crippen molar-refractivity contribution in [3.05, 3.63) is 47.5 Å². The number of alkyl halides is 2. The van der Waals surface area contributed by atoms with E-state index in [1.54, 1.807) is 23.1 Å². The van der Waals surface area contributed by atoms with E-state index in [0.29, 0.717) is 11.1 Å². The summed E-state index contributed by atoms with van der Waals surface area (Å²) in [7, 11) is 2.73. The van der Waals surface area contributed by atoms with Crippen LogP contribution in [0.4, 0.5) is 14.5 Å². The van der Waals surface area contributed by atoms with E-state index >= 15 is 0 Å². The minimum Gasteiger partial charge on any atom is -0.493 e. The van der Waals surface area contributed by atoms with Gasteiger partial charge in [0, 0.05) is 17.3 Å². The third kappa shape index (κ3) is 3.19. The number of carbonyl (C=O) groups is 1. The van der Waals surface area contributed by atoms with E-state index in [9.17, 15) is 13.6 Å². The first-order valence-electron chi connectivity index (χ1n) is 8.92. The fourth-order valence-corrected chi connectivity index (χ4v) is 3.51. The van der Waals surface area contributed by atoms with Crippen LogP contribution in [0.3, 0.4) is 0 Å². The molecule has 6 nitrogen and oxygen atoms in total. The van der Waals surface area contributed by atoms with Crippen LogP contribution in [0.1, 0.15) is 34.9 Å². The zero-order valence-corrected chi connectivity index (χ0v) is 15.4. The maximum atomic E-state index is 13.1. The van der Waals surface area contributed by atoms with E-state index in [1.165, 1.54) is 14.2 Å². The lowest BCUT2D eigenvalue weighted by atomic mass is 10.0. The third-order valence-electron chi connectivity index (χ3n) is 4.91. The Bertz CT molecular complexity index is 877. The predicted molar refractivity (Wildman–Crippen MR) is 98.2 cm³/mol. The van der Waals surface area contributed by atoms with Crippen molar-refractivity contribution in [2.75, 3.05) is 19.5 Å². The number of rotatable bonds is 6. The van der Waals surface area contributed by atoms with Gasteiger partial charge in [0.1, 0.15) is 6.17 Å². The van der Waals surface area contributed by atoms with Crippen LogP contribution in [0.15, 0.2) is 36.4 Å². The predicted octanol–water partition coefficient (Wildman–Crippen LogP) is 4.03. The van der Waals surface area contributed by atoms with Gasteiger partial charge in [0.25, 0.3) is 5.91 Å². The Hall–Kier alpha value is -3.03. The minimum atomic E-state index is -3.02. The average molecular weight is 390 g/mol. The van der Waals surface area contributed by atoms with Crippen LogP contribution >= 0.6 is 0 Å². The van der Waals surface area contributed by atoms with Crippen molar-refractivity contribution in [2.24, 2.45) is 0 Å². The number of benzene rings is 2. The second-order valence-corrected chi connectivity index (χ2v) is 6.67. The molecule has 1 amide bonds. The first-order valence-corrected chi connectivity index (χ1v) is 8.92. The van der Waals surface area contributed by atoms with Gasteiger partial charge in [-0.1, -0.05) is 12.1 Å². The lowest BCUT2D eigenvalue weighted by Crippen LogP contribution is -2.44. The number of fused-ring (bicyclic) bond motifs is 1. The second-order valence-electron chi connectivity index (χ2n) is 6.67. The zero-order chi connectivity index (χ0) is 19.8. The molecule has 8 heteroatoms. The van der Waals surface area contributed by atoms with Crippen molar-refractivity contribution in [1.82, 2.24) is 4.90 Å². The standard InChI is InChI=1S/C20H20F2N2O4/c1-26-15-9-11(10-16(27-2)17(15)28-20(21)22)18-23-14-6-4-3-5-13(14)19(25)24(18)12-7-8-12/h3-6,9-10,12,18,20,23H,7-8H2,1-2H3/t18-/m1/s1. The van der Waals surface area contributed by atoms with Crippen molar-refractivity contribution in [3.8, 4) is 17.2 Å². The van der Waals surface area contributed by atoms with E-state index in [2.05, 4.69) is 10.1 Å². The average Bonchev–Trinajstić information content (AvgIpc) is 3.52. The van der Waals surface area contributed by atoms with Crippen molar-refractivity contribution in [1.29, 1.82) is 0 Å². The molecular formula is C20H20F2N2O4. The molecule has 2 aliphatic rings. The summed E-state index contributed by atoms with van der Waals surface area (Å²) in [6.45, 7) is -3.02. The van der Waals surface area contributed by atoms with Gasteiger partial charge in [0.2, 0.25) is 5.75 Å². The summed E-state index contributed by atoms with van der Waals surface area (Å²) in [6.07, 6.45) is 1.37. The number of methoxy groups -OCH3 is 2. The number of nitrogens with one attached hydrogen (secondary N) is 1. The van der Waals surface area contributed by atoms with Crippen LogP contribution < -0.4 is 19.5 Å². The number of hydrogen-bond donors (Lipinski definition) is 1. The molecular weight excluding hydrogens is 370 g/mol. The number of anilines is 1. The first-order chi connectivity index (χ1) is 13.5. The molecule has 148 valence electrons. The highest BCUT2D eigenvalue weighted by molar-refractivity contribution is 6.02. The fraction of sp³-hybridized carbons (Fsp3) is 0.350. The number of ether oxygens (including phenoxy) is 3. The van der Waals surface area contributed by atoms with Crippen molar-refractivity contribution in [2.45, 2.75) is 31.7 Å². The van der Waals surface area contributed by atoms with Gasteiger partial charge in [0.05, 0.1) is 19.8 Å². The van der Waals surface area contributed by atoms with Gasteiger partial charge in [-0.3, -0.25) is 4.79 Å². The topological polar surface area (TPSA) is 60.0 Å². The van der Waals surface area contributed by atoms with E-state index in [-0.39, 0.29) is 29.2 Å². The van der Waals surface area contributed by atoms with Crippen LogP contribution in [-0.2, 0) is 0 Å². The summed E-state index contributed by atoms with van der Waals surface area (Å²) in [6, 6.07) is 10.6. The molecule has 0 spiro atoms. The van der Waals surface area contributed by atoms with Crippen molar-refractivity contribution < 1.29 is 27.8 Å². The van der Waals surface area contributed by atoms with Crippen LogP contribution in [0.2, 0.25) is 0 Å². The number of nitrogens with zero attached hydrogens (tertiary/aromatic N) is 1. The quantitative estimate of drug-likeness (QED) is 0.807. The van der Waals surface area contributed by atoms with E-state index < -0.39 is 12.8 Å². The van der Waals surface area contributed by atoms with Crippen LogP contribution in [0.25, 0.3) is 0 Å². The smallest absolute Gasteiger partial charge is 0.387 e. The molecule has 1 saturated carbocycles. The summed E-state index contributed by atoms with van der Waals surface area (Å²) in [5, 5.41) is 3.38. The van der Waals surface area contributed by atoms with Crippen LogP contribution in [0, 0.1) is 0 Å². The largest absolute Gasteiger partial charge is 0.493 e. The second kappa shape index (κ2) is 7.18. The van der Waals surface area contributed by atoms with E-state index in [0.717, 1.165) is 18.5 Å². The normalized spacial score (nSPS) is 18.5. The van der Waals surface area contributed by atoms with E-state index in [4.69, 9.17) is 9.47 Å². The van der Waals surface area contributed by atoms with Gasteiger partial charge >= 0.3 is 6.61 Å². The molecule has 0 unspecified atom stereocenters. The third-order valence-corrected chi connectivity index (χ3v) is 4.91. The lowest BCUT2D eigenvalue weighted by Gasteiger charge is -2.38. The molecule has 4 rings (SSSR count). The maximum absolute atomic E-state index is 13.1. The number of carbonyl (C=O) groups excluding carboxylic acids is 1. The maximum Gasteiger partial charge on any atom is 0.387 e. The molecule has 0 aromatic heterocycles. The van der Waals surface area contributed by atoms with Crippen LogP contribution in [0.5, 0.6) is 17.2 Å². The summed E-state index contributed by atoms with van der Waals surface area (Å²) in [5.41, 5.74) is 1.99. The summed E-state index contributed by atoms with van der Waals surface area (Å²) in [4.78, 5) is 14.9. The van der Waals surface area contributed by atoms with Crippen molar-refractivity contribution in [3.63, 3.8) is 0 Å². The number of hydrogen-bond acceptors (Lipinski definition) is 5. The summed E-state index contributed by atoms with van der Waals surface area (Å²) < 4.78 is 40.7. The van der Waals surface area contributed by atoms with Gasteiger partial charge in [-0.25, -0.2) is 0 Å². The highest BCUT2D eigenvalue weighted by Gasteiger charge is 2.42. The van der Waals surface area contributed by atoms with Gasteiger partial charge in [-0.05, 0) is 37.1 Å². The SMILES string of the molecule is COc1cc([C@@H]2Nc3ccccc3C(=O)N2C2CC2)cc(OC)c1OC(F)F. The molecule has 1 heterocycles. The molecule has 2 aromatic rings. The molecule has 0 radical (unpaired) electrons. The van der Waals surface area contributed by atoms with Gasteiger partial charge in [-0.2, -0.15) is 8.78 Å². The zero-order valence-electron chi connectivity index (χ0n) is 15.4. The van der Waals surface area contributed by atoms with Gasteiger partial charge in [-0.15, -0.1) is 0 Å². The van der Waals surface area contributed by atoms with E-state index in [1.807, 2.05) is 18.2 Å². The monoisotopic (exact) mass is 390 g/mol. The molecule has 1 N–H and O–H groups in total. The van der Waals surface area contributed by atoms with Crippen molar-refractivity contribution >= 4 is 11.6 Å². The Labute approximate surface area is 161 Å². The molecule has 1 aliphatic heterocycles. The molecule has 1 aliphatic carbocycles.